The fourth-order valence-corrected chi connectivity index (χ4v) is 2.35. The molecule has 0 N–H and O–H groups in total. The monoisotopic (exact) mass is 274 g/mol. The van der Waals surface area contributed by atoms with E-state index in [9.17, 15) is 4.79 Å². The third-order valence-electron chi connectivity index (χ3n) is 2.57. The quantitative estimate of drug-likeness (QED) is 0.477. The first kappa shape index (κ1) is 13.5. The number of ether oxygens (including phenoxy) is 1. The summed E-state index contributed by atoms with van der Waals surface area (Å²) in [5, 5.41) is 0.382. The number of thioether (sulfide) groups is 1. The van der Waals surface area contributed by atoms with E-state index in [2.05, 4.69) is 9.97 Å². The molecule has 0 fully saturated rings. The van der Waals surface area contributed by atoms with Crippen LogP contribution >= 0.6 is 11.8 Å². The van der Waals surface area contributed by atoms with Crippen LogP contribution in [0.25, 0.3) is 0 Å². The van der Waals surface area contributed by atoms with E-state index in [1.807, 2.05) is 6.92 Å². The molecule has 0 aliphatic carbocycles. The molecule has 1 unspecified atom stereocenters. The van der Waals surface area contributed by atoms with Crippen molar-refractivity contribution in [3.05, 3.63) is 48.3 Å². The van der Waals surface area contributed by atoms with Gasteiger partial charge >= 0.3 is 0 Å². The number of aromatic nitrogens is 2. The fraction of sp³-hybridized carbons (Fsp3) is 0.214. The van der Waals surface area contributed by atoms with Gasteiger partial charge in [-0.15, -0.1) is 0 Å². The van der Waals surface area contributed by atoms with Crippen molar-refractivity contribution in [3.8, 4) is 5.75 Å². The van der Waals surface area contributed by atoms with Crippen molar-refractivity contribution >= 4 is 17.5 Å². The second kappa shape index (κ2) is 6.33. The largest absolute Gasteiger partial charge is 0.497 e. The molecule has 0 saturated heterocycles. The highest BCUT2D eigenvalue weighted by Gasteiger charge is 2.17. The zero-order valence-electron chi connectivity index (χ0n) is 10.7. The van der Waals surface area contributed by atoms with Crippen LogP contribution in [-0.4, -0.2) is 28.1 Å². The third kappa shape index (κ3) is 3.54. The molecular formula is C14H14N2O2S. The number of benzene rings is 1. The van der Waals surface area contributed by atoms with Gasteiger partial charge in [-0.1, -0.05) is 11.8 Å². The third-order valence-corrected chi connectivity index (χ3v) is 3.56. The first-order chi connectivity index (χ1) is 9.20. The number of ketones is 1. The van der Waals surface area contributed by atoms with Gasteiger partial charge < -0.3 is 4.74 Å². The van der Waals surface area contributed by atoms with E-state index in [0.29, 0.717) is 10.7 Å². The van der Waals surface area contributed by atoms with E-state index >= 15 is 0 Å². The lowest BCUT2D eigenvalue weighted by molar-refractivity contribution is 0.0994. The van der Waals surface area contributed by atoms with Crippen molar-refractivity contribution in [1.29, 1.82) is 0 Å². The summed E-state index contributed by atoms with van der Waals surface area (Å²) in [6, 6.07) is 8.85. The molecule has 19 heavy (non-hydrogen) atoms. The summed E-state index contributed by atoms with van der Waals surface area (Å²) < 4.78 is 5.07. The van der Waals surface area contributed by atoms with E-state index in [-0.39, 0.29) is 11.0 Å². The van der Waals surface area contributed by atoms with Gasteiger partial charge in [-0.3, -0.25) is 4.79 Å². The number of nitrogens with zero attached hydrogens (tertiary/aromatic N) is 2. The minimum Gasteiger partial charge on any atom is -0.497 e. The molecular weight excluding hydrogens is 260 g/mol. The van der Waals surface area contributed by atoms with E-state index in [1.165, 1.54) is 11.8 Å². The summed E-state index contributed by atoms with van der Waals surface area (Å²) in [6.45, 7) is 1.85. The highest BCUT2D eigenvalue weighted by molar-refractivity contribution is 8.00. The van der Waals surface area contributed by atoms with Crippen LogP contribution in [-0.2, 0) is 0 Å². The first-order valence-electron chi connectivity index (χ1n) is 5.82. The van der Waals surface area contributed by atoms with Crippen LogP contribution in [0.4, 0.5) is 0 Å². The molecule has 98 valence electrons. The molecule has 0 bridgehead atoms. The van der Waals surface area contributed by atoms with Gasteiger partial charge in [0.25, 0.3) is 0 Å². The van der Waals surface area contributed by atoms with Gasteiger partial charge in [0.05, 0.1) is 12.4 Å². The Hall–Kier alpha value is -1.88. The lowest BCUT2D eigenvalue weighted by atomic mass is 10.1. The Balaban J connectivity index is 2.06. The van der Waals surface area contributed by atoms with Crippen molar-refractivity contribution in [2.24, 2.45) is 0 Å². The van der Waals surface area contributed by atoms with Crippen LogP contribution in [0.15, 0.2) is 47.9 Å². The predicted molar refractivity (Wildman–Crippen MR) is 74.7 cm³/mol. The Morgan fingerprint density at radius 2 is 1.84 bits per heavy atom. The molecule has 1 aromatic heterocycles. The van der Waals surface area contributed by atoms with E-state index in [1.54, 1.807) is 49.8 Å². The molecule has 0 radical (unpaired) electrons. The zero-order valence-corrected chi connectivity index (χ0v) is 11.6. The summed E-state index contributed by atoms with van der Waals surface area (Å²) in [6.07, 6.45) is 3.33. The first-order valence-corrected chi connectivity index (χ1v) is 6.70. The van der Waals surface area contributed by atoms with Gasteiger partial charge in [0, 0.05) is 18.0 Å². The maximum absolute atomic E-state index is 12.2. The van der Waals surface area contributed by atoms with Gasteiger partial charge in [0.1, 0.15) is 5.75 Å². The highest BCUT2D eigenvalue weighted by atomic mass is 32.2. The van der Waals surface area contributed by atoms with Gasteiger partial charge in [-0.25, -0.2) is 9.97 Å². The Morgan fingerprint density at radius 1 is 1.21 bits per heavy atom. The van der Waals surface area contributed by atoms with Gasteiger partial charge in [0.2, 0.25) is 0 Å². The Bertz CT molecular complexity index is 543. The molecule has 1 heterocycles. The standard InChI is InChI=1S/C14H14N2O2S/c1-10(19-14-15-8-3-9-16-14)13(17)11-4-6-12(18-2)7-5-11/h3-10H,1-2H3. The minimum atomic E-state index is -0.226. The van der Waals surface area contributed by atoms with Crippen molar-refractivity contribution in [3.63, 3.8) is 0 Å². The normalized spacial score (nSPS) is 11.9. The highest BCUT2D eigenvalue weighted by Crippen LogP contribution is 2.22. The van der Waals surface area contributed by atoms with Crippen molar-refractivity contribution in [2.75, 3.05) is 7.11 Å². The second-order valence-electron chi connectivity index (χ2n) is 3.88. The van der Waals surface area contributed by atoms with Crippen LogP contribution < -0.4 is 4.74 Å². The minimum absolute atomic E-state index is 0.0557. The average Bonchev–Trinajstić information content (AvgIpc) is 2.47. The predicted octanol–water partition coefficient (Wildman–Crippen LogP) is 2.85. The van der Waals surface area contributed by atoms with Crippen LogP contribution in [0.1, 0.15) is 17.3 Å². The van der Waals surface area contributed by atoms with Crippen LogP contribution in [0.2, 0.25) is 0 Å². The number of hydrogen-bond donors (Lipinski definition) is 0. The second-order valence-corrected chi connectivity index (χ2v) is 5.19. The van der Waals surface area contributed by atoms with Crippen LogP contribution in [0.5, 0.6) is 5.75 Å². The topological polar surface area (TPSA) is 52.1 Å². The average molecular weight is 274 g/mol. The SMILES string of the molecule is COc1ccc(C(=O)C(C)Sc2ncccn2)cc1. The molecule has 4 nitrogen and oxygen atoms in total. The van der Waals surface area contributed by atoms with Crippen molar-refractivity contribution in [2.45, 2.75) is 17.3 Å². The van der Waals surface area contributed by atoms with Gasteiger partial charge in [-0.2, -0.15) is 0 Å². The number of methoxy groups -OCH3 is 1. The fourth-order valence-electron chi connectivity index (χ4n) is 1.55. The molecule has 0 aliphatic heterocycles. The number of carbonyl (C=O) groups excluding carboxylic acids is 1. The molecule has 5 heteroatoms. The number of hydrogen-bond acceptors (Lipinski definition) is 5. The molecule has 0 saturated carbocycles. The molecule has 1 atom stereocenters. The summed E-state index contributed by atoms with van der Waals surface area (Å²) in [5.41, 5.74) is 0.664. The Labute approximate surface area is 116 Å². The summed E-state index contributed by atoms with van der Waals surface area (Å²) in [5.74, 6) is 0.795. The van der Waals surface area contributed by atoms with Crippen LogP contribution in [0.3, 0.4) is 0 Å². The maximum Gasteiger partial charge on any atom is 0.188 e. The number of Topliss-reactive ketones (excluding diaryl/α,β-unsaturated/α-hetero) is 1. The lowest BCUT2D eigenvalue weighted by Crippen LogP contribution is -2.13. The van der Waals surface area contributed by atoms with E-state index < -0.39 is 0 Å². The Morgan fingerprint density at radius 3 is 2.42 bits per heavy atom. The van der Waals surface area contributed by atoms with E-state index in [4.69, 9.17) is 4.74 Å². The molecule has 2 aromatic rings. The van der Waals surface area contributed by atoms with Crippen LogP contribution in [0, 0.1) is 0 Å². The van der Waals surface area contributed by atoms with Gasteiger partial charge in [-0.05, 0) is 37.3 Å². The number of carbonyl (C=O) groups is 1. The Kier molecular flexibility index (Phi) is 4.52. The molecule has 1 aromatic carbocycles. The van der Waals surface area contributed by atoms with E-state index in [0.717, 1.165) is 5.75 Å². The molecule has 0 spiro atoms. The maximum atomic E-state index is 12.2. The lowest BCUT2D eigenvalue weighted by Gasteiger charge is -2.09. The summed E-state index contributed by atoms with van der Waals surface area (Å²) in [7, 11) is 1.60. The van der Waals surface area contributed by atoms with Crippen molar-refractivity contribution < 1.29 is 9.53 Å². The van der Waals surface area contributed by atoms with Gasteiger partial charge in [0.15, 0.2) is 10.9 Å². The zero-order chi connectivity index (χ0) is 13.7. The number of rotatable bonds is 5. The molecule has 0 amide bonds. The summed E-state index contributed by atoms with van der Waals surface area (Å²) >= 11 is 1.35. The van der Waals surface area contributed by atoms with Crippen molar-refractivity contribution in [1.82, 2.24) is 9.97 Å². The summed E-state index contributed by atoms with van der Waals surface area (Å²) in [4.78, 5) is 20.4. The molecule has 0 aliphatic rings. The smallest absolute Gasteiger partial charge is 0.188 e. The molecule has 2 rings (SSSR count).